The van der Waals surface area contributed by atoms with E-state index in [1.807, 2.05) is 32.0 Å². The molecule has 0 saturated carbocycles. The molecular weight excluding hydrogens is 256 g/mol. The van der Waals surface area contributed by atoms with Crippen molar-refractivity contribution in [2.75, 3.05) is 6.61 Å². The minimum absolute atomic E-state index is 0.0403. The van der Waals surface area contributed by atoms with E-state index in [9.17, 15) is 4.79 Å². The third-order valence-corrected chi connectivity index (χ3v) is 3.08. The highest BCUT2D eigenvalue weighted by molar-refractivity contribution is 9.10. The number of Topliss-reactive ketones (excluding diaryl/α,β-unsaturated/α-hetero) is 1. The molecule has 0 aliphatic carbocycles. The second-order valence-electron chi connectivity index (χ2n) is 3.45. The minimum Gasteiger partial charge on any atom is -0.366 e. The summed E-state index contributed by atoms with van der Waals surface area (Å²) in [4.78, 5) is 11.4. The maximum absolute atomic E-state index is 11.4. The van der Waals surface area contributed by atoms with Gasteiger partial charge in [0.2, 0.25) is 0 Å². The van der Waals surface area contributed by atoms with Crippen LogP contribution in [0.4, 0.5) is 0 Å². The van der Waals surface area contributed by atoms with Crippen molar-refractivity contribution < 1.29 is 9.53 Å². The largest absolute Gasteiger partial charge is 0.366 e. The van der Waals surface area contributed by atoms with Gasteiger partial charge in [0.25, 0.3) is 0 Å². The van der Waals surface area contributed by atoms with Crippen molar-refractivity contribution in [1.29, 1.82) is 0 Å². The average Bonchev–Trinajstić information content (AvgIpc) is 2.18. The van der Waals surface area contributed by atoms with Crippen molar-refractivity contribution in [3.63, 3.8) is 0 Å². The van der Waals surface area contributed by atoms with Crippen molar-refractivity contribution in [1.82, 2.24) is 0 Å². The molecule has 0 saturated heterocycles. The monoisotopic (exact) mass is 270 g/mol. The van der Waals surface area contributed by atoms with Crippen LogP contribution in [0.3, 0.4) is 0 Å². The molecule has 15 heavy (non-hydrogen) atoms. The maximum atomic E-state index is 11.4. The van der Waals surface area contributed by atoms with Gasteiger partial charge in [-0.15, -0.1) is 0 Å². The van der Waals surface area contributed by atoms with Gasteiger partial charge in [-0.1, -0.05) is 28.1 Å². The number of aryl methyl sites for hydroxylation is 1. The number of benzene rings is 1. The Morgan fingerprint density at radius 1 is 1.53 bits per heavy atom. The second-order valence-corrected chi connectivity index (χ2v) is 4.31. The molecule has 1 aromatic rings. The number of carbonyl (C=O) groups excluding carboxylic acids is 1. The summed E-state index contributed by atoms with van der Waals surface area (Å²) in [7, 11) is 0. The highest BCUT2D eigenvalue weighted by Crippen LogP contribution is 2.24. The van der Waals surface area contributed by atoms with Crippen LogP contribution in [0.15, 0.2) is 22.7 Å². The van der Waals surface area contributed by atoms with E-state index >= 15 is 0 Å². The van der Waals surface area contributed by atoms with Crippen LogP contribution >= 0.6 is 15.9 Å². The van der Waals surface area contributed by atoms with Crippen LogP contribution in [0.5, 0.6) is 0 Å². The fourth-order valence-electron chi connectivity index (χ4n) is 1.45. The summed E-state index contributed by atoms with van der Waals surface area (Å²) in [6.07, 6.45) is -0.429. The summed E-state index contributed by atoms with van der Waals surface area (Å²) in [5, 5.41) is 0. The van der Waals surface area contributed by atoms with Crippen molar-refractivity contribution in [2.24, 2.45) is 0 Å². The van der Waals surface area contributed by atoms with Crippen LogP contribution in [-0.4, -0.2) is 12.4 Å². The summed E-state index contributed by atoms with van der Waals surface area (Å²) in [6, 6.07) is 5.84. The molecular formula is C12H15BrO2. The van der Waals surface area contributed by atoms with E-state index in [-0.39, 0.29) is 5.78 Å². The molecule has 1 atom stereocenters. The first-order chi connectivity index (χ1) is 7.06. The fraction of sp³-hybridized carbons (Fsp3) is 0.417. The Kier molecular flexibility index (Phi) is 4.48. The average molecular weight is 271 g/mol. The van der Waals surface area contributed by atoms with E-state index in [4.69, 9.17) is 4.74 Å². The lowest BCUT2D eigenvalue weighted by molar-refractivity contribution is -0.128. The molecule has 0 bridgehead atoms. The van der Waals surface area contributed by atoms with E-state index in [2.05, 4.69) is 15.9 Å². The molecule has 0 amide bonds. The predicted octanol–water partition coefficient (Wildman–Crippen LogP) is 3.42. The zero-order chi connectivity index (χ0) is 11.4. The Morgan fingerprint density at radius 2 is 2.20 bits per heavy atom. The third kappa shape index (κ3) is 3.14. The molecule has 0 radical (unpaired) electrons. The number of hydrogen-bond acceptors (Lipinski definition) is 2. The van der Waals surface area contributed by atoms with Crippen molar-refractivity contribution in [3.05, 3.63) is 33.8 Å². The Balaban J connectivity index is 3.01. The molecule has 1 rings (SSSR count). The molecule has 0 aliphatic rings. The smallest absolute Gasteiger partial charge is 0.163 e. The number of hydrogen-bond donors (Lipinski definition) is 0. The minimum atomic E-state index is -0.429. The van der Waals surface area contributed by atoms with Crippen molar-refractivity contribution in [2.45, 2.75) is 26.9 Å². The Labute approximate surface area is 98.8 Å². The number of rotatable bonds is 4. The molecule has 0 fully saturated rings. The fourth-order valence-corrected chi connectivity index (χ4v) is 1.69. The zero-order valence-corrected chi connectivity index (χ0v) is 10.8. The molecule has 0 spiro atoms. The van der Waals surface area contributed by atoms with E-state index < -0.39 is 6.10 Å². The van der Waals surface area contributed by atoms with Crippen LogP contribution in [0.2, 0.25) is 0 Å². The second kappa shape index (κ2) is 5.42. The Bertz CT molecular complexity index is 361. The first kappa shape index (κ1) is 12.4. The maximum Gasteiger partial charge on any atom is 0.163 e. The van der Waals surface area contributed by atoms with Crippen LogP contribution in [0, 0.1) is 6.92 Å². The topological polar surface area (TPSA) is 26.3 Å². The summed E-state index contributed by atoms with van der Waals surface area (Å²) in [5.74, 6) is 0.0403. The lowest BCUT2D eigenvalue weighted by Gasteiger charge is -2.15. The van der Waals surface area contributed by atoms with Gasteiger partial charge in [-0.05, 0) is 38.0 Å². The number of carbonyl (C=O) groups is 1. The first-order valence-electron chi connectivity index (χ1n) is 4.94. The van der Waals surface area contributed by atoms with Gasteiger partial charge in [0.15, 0.2) is 5.78 Å². The number of ketones is 1. The molecule has 0 aliphatic heterocycles. The highest BCUT2D eigenvalue weighted by Gasteiger charge is 2.16. The Morgan fingerprint density at radius 3 is 2.67 bits per heavy atom. The van der Waals surface area contributed by atoms with Gasteiger partial charge >= 0.3 is 0 Å². The van der Waals surface area contributed by atoms with Gasteiger partial charge < -0.3 is 4.74 Å². The van der Waals surface area contributed by atoms with Gasteiger partial charge in [-0.3, -0.25) is 4.79 Å². The summed E-state index contributed by atoms with van der Waals surface area (Å²) in [5.41, 5.74) is 2.03. The normalized spacial score (nSPS) is 12.5. The molecule has 82 valence electrons. The van der Waals surface area contributed by atoms with E-state index in [1.54, 1.807) is 6.92 Å². The van der Waals surface area contributed by atoms with Gasteiger partial charge in [0.05, 0.1) is 0 Å². The van der Waals surface area contributed by atoms with E-state index in [0.717, 1.165) is 15.6 Å². The van der Waals surface area contributed by atoms with Crippen LogP contribution in [0.1, 0.15) is 31.1 Å². The van der Waals surface area contributed by atoms with Crippen LogP contribution in [0.25, 0.3) is 0 Å². The first-order valence-corrected chi connectivity index (χ1v) is 5.73. The van der Waals surface area contributed by atoms with Gasteiger partial charge in [-0.2, -0.15) is 0 Å². The SMILES string of the molecule is CCOC(C(C)=O)c1ccc(Br)c(C)c1. The van der Waals surface area contributed by atoms with E-state index in [1.165, 1.54) is 0 Å². The van der Waals surface area contributed by atoms with Crippen LogP contribution in [-0.2, 0) is 9.53 Å². The van der Waals surface area contributed by atoms with Crippen molar-refractivity contribution in [3.8, 4) is 0 Å². The third-order valence-electron chi connectivity index (χ3n) is 2.19. The lowest BCUT2D eigenvalue weighted by atomic mass is 10.0. The highest BCUT2D eigenvalue weighted by atomic mass is 79.9. The molecule has 1 unspecified atom stereocenters. The standard InChI is InChI=1S/C12H15BrO2/c1-4-15-12(9(3)14)10-5-6-11(13)8(2)7-10/h5-7,12H,4H2,1-3H3. The lowest BCUT2D eigenvalue weighted by Crippen LogP contribution is -2.13. The van der Waals surface area contributed by atoms with Crippen molar-refractivity contribution >= 4 is 21.7 Å². The Hall–Kier alpha value is -0.670. The van der Waals surface area contributed by atoms with Crippen LogP contribution < -0.4 is 0 Å². The van der Waals surface area contributed by atoms with Gasteiger partial charge in [0.1, 0.15) is 6.10 Å². The molecule has 0 aromatic heterocycles. The van der Waals surface area contributed by atoms with Gasteiger partial charge in [0, 0.05) is 11.1 Å². The van der Waals surface area contributed by atoms with E-state index in [0.29, 0.717) is 6.61 Å². The molecule has 0 heterocycles. The molecule has 2 nitrogen and oxygen atoms in total. The quantitative estimate of drug-likeness (QED) is 0.838. The van der Waals surface area contributed by atoms with Gasteiger partial charge in [-0.25, -0.2) is 0 Å². The number of halogens is 1. The summed E-state index contributed by atoms with van der Waals surface area (Å²) < 4.78 is 6.47. The molecule has 0 N–H and O–H groups in total. The summed E-state index contributed by atoms with van der Waals surface area (Å²) >= 11 is 3.43. The molecule has 3 heteroatoms. The molecule has 1 aromatic carbocycles. The number of ether oxygens (including phenoxy) is 1. The zero-order valence-electron chi connectivity index (χ0n) is 9.21. The predicted molar refractivity (Wildman–Crippen MR) is 63.9 cm³/mol. The summed E-state index contributed by atoms with van der Waals surface area (Å²) in [6.45, 7) is 5.98.